The molecular formula is C12H18N2O4. The van der Waals surface area contributed by atoms with E-state index in [9.17, 15) is 14.4 Å². The van der Waals surface area contributed by atoms with Gasteiger partial charge in [0.1, 0.15) is 0 Å². The highest BCUT2D eigenvalue weighted by molar-refractivity contribution is 5.98. The number of likely N-dealkylation sites (tertiary alicyclic amines) is 1. The minimum Gasteiger partial charge on any atom is -0.439 e. The van der Waals surface area contributed by atoms with Gasteiger partial charge in [0.2, 0.25) is 5.91 Å². The summed E-state index contributed by atoms with van der Waals surface area (Å²) < 4.78 is 4.68. The zero-order valence-corrected chi connectivity index (χ0v) is 10.7. The first-order valence-corrected chi connectivity index (χ1v) is 6.25. The van der Waals surface area contributed by atoms with Crippen LogP contribution in [0.4, 0.5) is 4.79 Å². The number of nitrogens with zero attached hydrogens (tertiary/aromatic N) is 2. The molecule has 2 heterocycles. The van der Waals surface area contributed by atoms with Crippen LogP contribution in [0.5, 0.6) is 0 Å². The Morgan fingerprint density at radius 3 is 2.72 bits per heavy atom. The van der Waals surface area contributed by atoms with Crippen molar-refractivity contribution in [2.75, 3.05) is 19.7 Å². The summed E-state index contributed by atoms with van der Waals surface area (Å²) in [5.41, 5.74) is 0. The molecule has 0 bridgehead atoms. The lowest BCUT2D eigenvalue weighted by Crippen LogP contribution is -2.42. The lowest BCUT2D eigenvalue weighted by Gasteiger charge is -2.21. The molecule has 2 fully saturated rings. The minimum absolute atomic E-state index is 0.0903. The van der Waals surface area contributed by atoms with E-state index in [0.29, 0.717) is 31.8 Å². The fourth-order valence-electron chi connectivity index (χ4n) is 2.37. The number of cyclic esters (lactones) is 1. The molecule has 2 aliphatic rings. The van der Waals surface area contributed by atoms with Crippen molar-refractivity contribution in [2.24, 2.45) is 5.92 Å². The highest BCUT2D eigenvalue weighted by Gasteiger charge is 2.41. The Hall–Kier alpha value is -1.59. The van der Waals surface area contributed by atoms with Gasteiger partial charge in [0.25, 0.3) is 5.91 Å². The summed E-state index contributed by atoms with van der Waals surface area (Å²) in [5, 5.41) is 0. The minimum atomic E-state index is -0.580. The maximum absolute atomic E-state index is 11.9. The molecule has 1 atom stereocenters. The first-order chi connectivity index (χ1) is 8.49. The van der Waals surface area contributed by atoms with Crippen LogP contribution >= 0.6 is 0 Å². The van der Waals surface area contributed by atoms with Gasteiger partial charge in [-0.3, -0.25) is 9.59 Å². The number of imide groups is 1. The van der Waals surface area contributed by atoms with Crippen molar-refractivity contribution in [3.8, 4) is 0 Å². The van der Waals surface area contributed by atoms with Crippen LogP contribution in [0, 0.1) is 5.92 Å². The number of carbonyl (C=O) groups is 3. The molecule has 0 N–H and O–H groups in total. The van der Waals surface area contributed by atoms with Crippen molar-refractivity contribution >= 4 is 17.9 Å². The number of amides is 3. The Labute approximate surface area is 106 Å². The second-order valence-corrected chi connectivity index (χ2v) is 5.20. The normalized spacial score (nSPS) is 24.1. The van der Waals surface area contributed by atoms with E-state index in [-0.39, 0.29) is 24.5 Å². The van der Waals surface area contributed by atoms with Gasteiger partial charge in [-0.2, -0.15) is 0 Å². The van der Waals surface area contributed by atoms with Gasteiger partial charge in [0, 0.05) is 19.5 Å². The van der Waals surface area contributed by atoms with E-state index in [0.717, 1.165) is 4.90 Å². The number of ether oxygens (including phenoxy) is 1. The van der Waals surface area contributed by atoms with Gasteiger partial charge >= 0.3 is 6.09 Å². The molecule has 0 aliphatic carbocycles. The van der Waals surface area contributed by atoms with Crippen molar-refractivity contribution in [3.63, 3.8) is 0 Å². The van der Waals surface area contributed by atoms with Crippen LogP contribution < -0.4 is 0 Å². The predicted molar refractivity (Wildman–Crippen MR) is 62.6 cm³/mol. The monoisotopic (exact) mass is 254 g/mol. The van der Waals surface area contributed by atoms with Crippen LogP contribution in [0.1, 0.15) is 26.7 Å². The van der Waals surface area contributed by atoms with Gasteiger partial charge in [0.15, 0.2) is 6.61 Å². The SMILES string of the molecule is CC(C)CC(=O)N1CCC(N2C(=O)COC2=O)C1. The van der Waals surface area contributed by atoms with Gasteiger partial charge in [-0.05, 0) is 12.3 Å². The van der Waals surface area contributed by atoms with Crippen LogP contribution in [0.2, 0.25) is 0 Å². The Morgan fingerprint density at radius 1 is 1.44 bits per heavy atom. The number of carbonyl (C=O) groups excluding carboxylic acids is 3. The molecule has 2 saturated heterocycles. The van der Waals surface area contributed by atoms with Gasteiger partial charge < -0.3 is 9.64 Å². The predicted octanol–water partition coefficient (Wildman–Crippen LogP) is 0.612. The topological polar surface area (TPSA) is 66.9 Å². The molecule has 1 unspecified atom stereocenters. The lowest BCUT2D eigenvalue weighted by atomic mass is 10.1. The molecule has 0 radical (unpaired) electrons. The average Bonchev–Trinajstić information content (AvgIpc) is 2.85. The first kappa shape index (κ1) is 12.9. The second-order valence-electron chi connectivity index (χ2n) is 5.20. The molecular weight excluding hydrogens is 236 g/mol. The summed E-state index contributed by atoms with van der Waals surface area (Å²) in [6, 6.07) is -0.219. The molecule has 100 valence electrons. The third kappa shape index (κ3) is 2.47. The molecule has 0 aromatic carbocycles. The standard InChI is InChI=1S/C12H18N2O4/c1-8(2)5-10(15)13-4-3-9(6-13)14-11(16)7-18-12(14)17/h8-9H,3-7H2,1-2H3. The van der Waals surface area contributed by atoms with Crippen molar-refractivity contribution in [1.29, 1.82) is 0 Å². The van der Waals surface area contributed by atoms with E-state index in [4.69, 9.17) is 0 Å². The molecule has 0 aromatic rings. The van der Waals surface area contributed by atoms with Crippen LogP contribution in [0.25, 0.3) is 0 Å². The summed E-state index contributed by atoms with van der Waals surface area (Å²) in [7, 11) is 0. The maximum Gasteiger partial charge on any atom is 0.417 e. The quantitative estimate of drug-likeness (QED) is 0.740. The molecule has 6 heteroatoms. The number of hydrogen-bond donors (Lipinski definition) is 0. The van der Waals surface area contributed by atoms with E-state index in [2.05, 4.69) is 4.74 Å². The van der Waals surface area contributed by atoms with E-state index in [1.54, 1.807) is 4.90 Å². The maximum atomic E-state index is 11.9. The van der Waals surface area contributed by atoms with Gasteiger partial charge in [-0.25, -0.2) is 9.69 Å². The van der Waals surface area contributed by atoms with Crippen molar-refractivity contribution in [3.05, 3.63) is 0 Å². The van der Waals surface area contributed by atoms with Crippen molar-refractivity contribution < 1.29 is 19.1 Å². The Balaban J connectivity index is 1.94. The Morgan fingerprint density at radius 2 is 2.17 bits per heavy atom. The first-order valence-electron chi connectivity index (χ1n) is 6.25. The fraction of sp³-hybridized carbons (Fsp3) is 0.750. The van der Waals surface area contributed by atoms with Crippen LogP contribution in [-0.2, 0) is 14.3 Å². The molecule has 0 aromatic heterocycles. The lowest BCUT2D eigenvalue weighted by molar-refractivity contribution is -0.132. The van der Waals surface area contributed by atoms with E-state index >= 15 is 0 Å². The second kappa shape index (κ2) is 4.96. The van der Waals surface area contributed by atoms with Gasteiger partial charge in [-0.1, -0.05) is 13.8 Å². The third-order valence-electron chi connectivity index (χ3n) is 3.25. The average molecular weight is 254 g/mol. The summed E-state index contributed by atoms with van der Waals surface area (Å²) in [4.78, 5) is 37.7. The van der Waals surface area contributed by atoms with Crippen LogP contribution in [0.15, 0.2) is 0 Å². The molecule has 2 aliphatic heterocycles. The number of hydrogen-bond acceptors (Lipinski definition) is 4. The summed E-state index contributed by atoms with van der Waals surface area (Å²) in [5.74, 6) is 0.102. The molecule has 3 amide bonds. The van der Waals surface area contributed by atoms with E-state index < -0.39 is 6.09 Å². The highest BCUT2D eigenvalue weighted by atomic mass is 16.6. The van der Waals surface area contributed by atoms with Gasteiger partial charge in [0.05, 0.1) is 6.04 Å². The van der Waals surface area contributed by atoms with E-state index in [1.807, 2.05) is 13.8 Å². The highest BCUT2D eigenvalue weighted by Crippen LogP contribution is 2.21. The zero-order chi connectivity index (χ0) is 13.3. The molecule has 6 nitrogen and oxygen atoms in total. The molecule has 2 rings (SSSR count). The van der Waals surface area contributed by atoms with Crippen molar-refractivity contribution in [1.82, 2.24) is 9.80 Å². The molecule has 0 spiro atoms. The summed E-state index contributed by atoms with van der Waals surface area (Å²) in [6.45, 7) is 4.86. The molecule has 0 saturated carbocycles. The van der Waals surface area contributed by atoms with Gasteiger partial charge in [-0.15, -0.1) is 0 Å². The van der Waals surface area contributed by atoms with Crippen LogP contribution in [-0.4, -0.2) is 53.4 Å². The van der Waals surface area contributed by atoms with Crippen LogP contribution in [0.3, 0.4) is 0 Å². The summed E-state index contributed by atoms with van der Waals surface area (Å²) >= 11 is 0. The third-order valence-corrected chi connectivity index (χ3v) is 3.25. The zero-order valence-electron chi connectivity index (χ0n) is 10.7. The largest absolute Gasteiger partial charge is 0.439 e. The smallest absolute Gasteiger partial charge is 0.417 e. The van der Waals surface area contributed by atoms with Crippen molar-refractivity contribution in [2.45, 2.75) is 32.7 Å². The molecule has 18 heavy (non-hydrogen) atoms. The Kier molecular flexibility index (Phi) is 3.54. The Bertz CT molecular complexity index is 364. The number of rotatable bonds is 3. The fourth-order valence-corrected chi connectivity index (χ4v) is 2.37. The summed E-state index contributed by atoms with van der Waals surface area (Å²) in [6.07, 6.45) is 0.568. The van der Waals surface area contributed by atoms with E-state index in [1.165, 1.54) is 0 Å².